The summed E-state index contributed by atoms with van der Waals surface area (Å²) in [5, 5.41) is 8.35. The van der Waals surface area contributed by atoms with Gasteiger partial charge in [-0.25, -0.2) is 4.79 Å². The molecule has 0 aliphatic rings. The van der Waals surface area contributed by atoms with Crippen LogP contribution in [0.2, 0.25) is 0 Å². The predicted octanol–water partition coefficient (Wildman–Crippen LogP) is 2.74. The molecule has 0 aliphatic heterocycles. The van der Waals surface area contributed by atoms with Crippen LogP contribution in [0.25, 0.3) is 0 Å². The van der Waals surface area contributed by atoms with Crippen LogP contribution in [0.5, 0.6) is 0 Å². The van der Waals surface area contributed by atoms with Gasteiger partial charge in [-0.2, -0.15) is 0 Å². The van der Waals surface area contributed by atoms with Crippen molar-refractivity contribution in [3.63, 3.8) is 0 Å². The second-order valence-electron chi connectivity index (χ2n) is 4.41. The van der Waals surface area contributed by atoms with Crippen molar-refractivity contribution in [3.05, 3.63) is 0 Å². The van der Waals surface area contributed by atoms with Gasteiger partial charge in [-0.15, -0.1) is 0 Å². The first-order chi connectivity index (χ1) is 8.04. The van der Waals surface area contributed by atoms with Crippen LogP contribution in [0.4, 0.5) is 0 Å². The van der Waals surface area contributed by atoms with Gasteiger partial charge < -0.3 is 9.90 Å². The molecule has 0 saturated heterocycles. The minimum absolute atomic E-state index is 0.152. The predicted molar refractivity (Wildman–Crippen MR) is 64.9 cm³/mol. The second-order valence-corrected chi connectivity index (χ2v) is 4.41. The molecule has 0 spiro atoms. The molecular weight excluding hydrogens is 220 g/mol. The van der Waals surface area contributed by atoms with Crippen LogP contribution in [-0.4, -0.2) is 22.6 Å². The van der Waals surface area contributed by atoms with Gasteiger partial charge in [0, 0.05) is 12.8 Å². The van der Waals surface area contributed by atoms with Gasteiger partial charge >= 0.3 is 5.97 Å². The van der Waals surface area contributed by atoms with E-state index < -0.39 is 11.8 Å². The van der Waals surface area contributed by atoms with E-state index in [1.807, 2.05) is 0 Å². The number of carbonyl (C=O) groups is 3. The largest absolute Gasteiger partial charge is 0.476 e. The van der Waals surface area contributed by atoms with Crippen LogP contribution < -0.4 is 0 Å². The summed E-state index contributed by atoms with van der Waals surface area (Å²) in [7, 11) is 0. The minimum Gasteiger partial charge on any atom is -0.476 e. The first kappa shape index (κ1) is 15.8. The maximum atomic E-state index is 10.7. The van der Waals surface area contributed by atoms with Crippen LogP contribution in [0, 0.1) is 0 Å². The van der Waals surface area contributed by atoms with E-state index in [1.165, 1.54) is 0 Å². The van der Waals surface area contributed by atoms with Crippen LogP contribution in [0.15, 0.2) is 0 Å². The standard InChI is InChI=1S/C13H22O4/c1-11(14)9-7-5-3-2-4-6-8-10-12(15)13(16)17/h2-10H2,1H3,(H,16,17). The fourth-order valence-corrected chi connectivity index (χ4v) is 1.65. The lowest BCUT2D eigenvalue weighted by Crippen LogP contribution is -2.11. The Hall–Kier alpha value is -1.19. The van der Waals surface area contributed by atoms with Gasteiger partial charge in [0.15, 0.2) is 0 Å². The molecular formula is C13H22O4. The van der Waals surface area contributed by atoms with E-state index in [2.05, 4.69) is 0 Å². The molecule has 0 unspecified atom stereocenters. The third-order valence-corrected chi connectivity index (χ3v) is 2.67. The van der Waals surface area contributed by atoms with Crippen LogP contribution in [-0.2, 0) is 14.4 Å². The van der Waals surface area contributed by atoms with Crippen LogP contribution in [0.1, 0.15) is 64.7 Å². The Morgan fingerprint density at radius 3 is 1.59 bits per heavy atom. The van der Waals surface area contributed by atoms with E-state index in [4.69, 9.17) is 5.11 Å². The monoisotopic (exact) mass is 242 g/mol. The fourth-order valence-electron chi connectivity index (χ4n) is 1.65. The molecule has 0 aliphatic carbocycles. The zero-order chi connectivity index (χ0) is 13.1. The molecule has 1 N–H and O–H groups in total. The van der Waals surface area contributed by atoms with Gasteiger partial charge in [-0.1, -0.05) is 32.1 Å². The Morgan fingerprint density at radius 1 is 0.765 bits per heavy atom. The summed E-state index contributed by atoms with van der Waals surface area (Å²) in [5.74, 6) is -1.77. The Bertz CT molecular complexity index is 258. The molecule has 0 saturated carbocycles. The molecule has 0 aromatic heterocycles. The molecule has 0 rings (SSSR count). The lowest BCUT2D eigenvalue weighted by molar-refractivity contribution is -0.149. The number of hydrogen-bond acceptors (Lipinski definition) is 3. The van der Waals surface area contributed by atoms with Gasteiger partial charge in [0.1, 0.15) is 5.78 Å². The Balaban J connectivity index is 3.16. The van der Waals surface area contributed by atoms with Gasteiger partial charge in [0.25, 0.3) is 0 Å². The highest BCUT2D eigenvalue weighted by Crippen LogP contribution is 2.10. The number of hydrogen-bond donors (Lipinski definition) is 1. The first-order valence-corrected chi connectivity index (χ1v) is 6.29. The highest BCUT2D eigenvalue weighted by molar-refractivity contribution is 6.32. The number of Topliss-reactive ketones (excluding diaryl/α,β-unsaturated/α-hetero) is 2. The summed E-state index contributed by atoms with van der Waals surface area (Å²) >= 11 is 0. The molecule has 4 heteroatoms. The van der Waals surface area contributed by atoms with E-state index in [9.17, 15) is 14.4 Å². The summed E-state index contributed by atoms with van der Waals surface area (Å²) in [4.78, 5) is 31.6. The number of carboxylic acid groups (broad SMARTS) is 1. The van der Waals surface area contributed by atoms with Crippen molar-refractivity contribution in [1.29, 1.82) is 0 Å². The first-order valence-electron chi connectivity index (χ1n) is 6.29. The van der Waals surface area contributed by atoms with E-state index >= 15 is 0 Å². The minimum atomic E-state index is -1.32. The normalized spacial score (nSPS) is 10.2. The van der Waals surface area contributed by atoms with Crippen molar-refractivity contribution in [2.45, 2.75) is 64.7 Å². The molecule has 0 radical (unpaired) electrons. The molecule has 0 bridgehead atoms. The second kappa shape index (κ2) is 10.00. The van der Waals surface area contributed by atoms with Gasteiger partial charge in [0.2, 0.25) is 5.78 Å². The van der Waals surface area contributed by atoms with Crippen molar-refractivity contribution in [1.82, 2.24) is 0 Å². The molecule has 4 nitrogen and oxygen atoms in total. The number of rotatable bonds is 11. The van der Waals surface area contributed by atoms with Crippen LogP contribution >= 0.6 is 0 Å². The summed E-state index contributed by atoms with van der Waals surface area (Å²) in [6.07, 6.45) is 7.68. The average Bonchev–Trinajstić information content (AvgIpc) is 2.25. The number of carbonyl (C=O) groups excluding carboxylic acids is 2. The van der Waals surface area contributed by atoms with Crippen molar-refractivity contribution in [3.8, 4) is 0 Å². The van der Waals surface area contributed by atoms with Gasteiger partial charge in [-0.05, 0) is 19.8 Å². The van der Waals surface area contributed by atoms with E-state index in [1.54, 1.807) is 6.92 Å². The lowest BCUT2D eigenvalue weighted by Gasteiger charge is -2.00. The average molecular weight is 242 g/mol. The number of carboxylic acids is 1. The quantitative estimate of drug-likeness (QED) is 0.446. The van der Waals surface area contributed by atoms with Gasteiger partial charge in [0.05, 0.1) is 0 Å². The highest BCUT2D eigenvalue weighted by Gasteiger charge is 2.09. The van der Waals surface area contributed by atoms with Crippen molar-refractivity contribution >= 4 is 17.5 Å². The summed E-state index contributed by atoms with van der Waals surface area (Å²) in [5.41, 5.74) is 0. The number of ketones is 2. The van der Waals surface area contributed by atoms with Crippen LogP contribution in [0.3, 0.4) is 0 Å². The molecule has 0 amide bonds. The highest BCUT2D eigenvalue weighted by atomic mass is 16.4. The molecule has 0 atom stereocenters. The molecule has 0 aromatic carbocycles. The SMILES string of the molecule is CC(=O)CCCCCCCCCC(=O)C(=O)O. The third kappa shape index (κ3) is 11.1. The number of aliphatic carboxylic acids is 1. The zero-order valence-corrected chi connectivity index (χ0v) is 10.5. The fraction of sp³-hybridized carbons (Fsp3) is 0.769. The summed E-state index contributed by atoms with van der Waals surface area (Å²) < 4.78 is 0. The molecule has 17 heavy (non-hydrogen) atoms. The Morgan fingerprint density at radius 2 is 1.18 bits per heavy atom. The van der Waals surface area contributed by atoms with E-state index in [0.717, 1.165) is 38.5 Å². The van der Waals surface area contributed by atoms with Gasteiger partial charge in [-0.3, -0.25) is 4.79 Å². The molecule has 98 valence electrons. The smallest absolute Gasteiger partial charge is 0.372 e. The van der Waals surface area contributed by atoms with Crippen molar-refractivity contribution < 1.29 is 19.5 Å². The van der Waals surface area contributed by atoms with E-state index in [0.29, 0.717) is 12.8 Å². The van der Waals surface area contributed by atoms with E-state index in [-0.39, 0.29) is 12.2 Å². The Kier molecular flexibility index (Phi) is 9.30. The number of unbranched alkanes of at least 4 members (excludes halogenated alkanes) is 6. The zero-order valence-electron chi connectivity index (χ0n) is 10.5. The maximum Gasteiger partial charge on any atom is 0.372 e. The third-order valence-electron chi connectivity index (χ3n) is 2.67. The van der Waals surface area contributed by atoms with Crippen molar-refractivity contribution in [2.75, 3.05) is 0 Å². The maximum absolute atomic E-state index is 10.7. The molecule has 0 aromatic rings. The topological polar surface area (TPSA) is 71.4 Å². The molecule has 0 heterocycles. The lowest BCUT2D eigenvalue weighted by atomic mass is 10.1. The summed E-state index contributed by atoms with van der Waals surface area (Å²) in [6, 6.07) is 0. The summed E-state index contributed by atoms with van der Waals surface area (Å²) in [6.45, 7) is 1.61. The van der Waals surface area contributed by atoms with Crippen molar-refractivity contribution in [2.24, 2.45) is 0 Å². The Labute approximate surface area is 102 Å². The molecule has 0 fully saturated rings.